The highest BCUT2D eigenvalue weighted by molar-refractivity contribution is 5.59. The number of benzene rings is 2. The zero-order valence-electron chi connectivity index (χ0n) is 11.6. The van der Waals surface area contributed by atoms with E-state index in [4.69, 9.17) is 4.74 Å². The average Bonchev–Trinajstić information content (AvgIpc) is 2.52. The molecule has 0 atom stereocenters. The zero-order valence-corrected chi connectivity index (χ0v) is 11.6. The Morgan fingerprint density at radius 1 is 0.857 bits per heavy atom. The Hall–Kier alpha value is -2.88. The van der Waals surface area contributed by atoms with E-state index in [0.29, 0.717) is 0 Å². The van der Waals surface area contributed by atoms with E-state index in [1.807, 2.05) is 54.6 Å². The van der Waals surface area contributed by atoms with Gasteiger partial charge in [-0.2, -0.15) is 5.10 Å². The smallest absolute Gasteiger partial charge is 0.266 e. The molecule has 0 radical (unpaired) electrons. The fraction of sp³-hybridized carbons (Fsp3) is 0.0588. The molecule has 0 saturated carbocycles. The van der Waals surface area contributed by atoms with Crippen molar-refractivity contribution in [3.8, 4) is 22.8 Å². The quantitative estimate of drug-likeness (QED) is 0.738. The Balaban J connectivity index is 1.83. The fourth-order valence-electron chi connectivity index (χ4n) is 1.97. The van der Waals surface area contributed by atoms with Gasteiger partial charge in [0.1, 0.15) is 11.5 Å². The Labute approximate surface area is 122 Å². The third-order valence-corrected chi connectivity index (χ3v) is 3.09. The van der Waals surface area contributed by atoms with Gasteiger partial charge in [0.05, 0.1) is 5.69 Å². The predicted octanol–water partition coefficient (Wildman–Crippen LogP) is 3.24. The molecule has 0 N–H and O–H groups in total. The van der Waals surface area contributed by atoms with Crippen LogP contribution in [-0.4, -0.2) is 9.78 Å². The largest absolute Gasteiger partial charge is 0.457 e. The van der Waals surface area contributed by atoms with Gasteiger partial charge in [0.2, 0.25) is 0 Å². The average molecular weight is 278 g/mol. The van der Waals surface area contributed by atoms with Gasteiger partial charge in [-0.05, 0) is 42.5 Å². The third-order valence-electron chi connectivity index (χ3n) is 3.09. The second-order valence-electron chi connectivity index (χ2n) is 4.62. The van der Waals surface area contributed by atoms with Gasteiger partial charge in [-0.3, -0.25) is 4.79 Å². The molecule has 0 amide bonds. The second-order valence-corrected chi connectivity index (χ2v) is 4.62. The number of rotatable bonds is 3. The number of hydrogen-bond donors (Lipinski definition) is 0. The number of nitrogens with zero attached hydrogens (tertiary/aromatic N) is 2. The second kappa shape index (κ2) is 5.63. The lowest BCUT2D eigenvalue weighted by molar-refractivity contribution is 0.483. The summed E-state index contributed by atoms with van der Waals surface area (Å²) in [6.07, 6.45) is 0. The van der Waals surface area contributed by atoms with Gasteiger partial charge in [0.15, 0.2) is 0 Å². The number of aromatic nitrogens is 2. The van der Waals surface area contributed by atoms with Crippen LogP contribution < -0.4 is 10.3 Å². The summed E-state index contributed by atoms with van der Waals surface area (Å²) in [7, 11) is 1.64. The SMILES string of the molecule is Cn1nc(-c2ccc(Oc3ccccc3)cc2)ccc1=O. The van der Waals surface area contributed by atoms with Crippen molar-refractivity contribution >= 4 is 0 Å². The van der Waals surface area contributed by atoms with Crippen molar-refractivity contribution in [2.24, 2.45) is 7.05 Å². The lowest BCUT2D eigenvalue weighted by Crippen LogP contribution is -2.18. The molecule has 3 aromatic rings. The maximum atomic E-state index is 11.3. The molecule has 0 aliphatic carbocycles. The first kappa shape index (κ1) is 13.1. The number of hydrogen-bond acceptors (Lipinski definition) is 3. The summed E-state index contributed by atoms with van der Waals surface area (Å²) in [5.74, 6) is 1.56. The van der Waals surface area contributed by atoms with Crippen LogP contribution in [0.3, 0.4) is 0 Å². The topological polar surface area (TPSA) is 44.1 Å². The minimum Gasteiger partial charge on any atom is -0.457 e. The number of para-hydroxylation sites is 1. The van der Waals surface area contributed by atoms with Crippen molar-refractivity contribution in [1.82, 2.24) is 9.78 Å². The first-order chi connectivity index (χ1) is 10.2. The van der Waals surface area contributed by atoms with Gasteiger partial charge in [0.25, 0.3) is 5.56 Å². The van der Waals surface area contributed by atoms with Gasteiger partial charge in [-0.25, -0.2) is 4.68 Å². The van der Waals surface area contributed by atoms with Crippen LogP contribution in [0.4, 0.5) is 0 Å². The maximum Gasteiger partial charge on any atom is 0.266 e. The Bertz CT molecular complexity index is 793. The monoisotopic (exact) mass is 278 g/mol. The molecule has 1 heterocycles. The van der Waals surface area contributed by atoms with E-state index in [2.05, 4.69) is 5.10 Å². The van der Waals surface area contributed by atoms with Crippen LogP contribution in [0.1, 0.15) is 0 Å². The third kappa shape index (κ3) is 3.00. The molecule has 104 valence electrons. The minimum atomic E-state index is -0.122. The summed E-state index contributed by atoms with van der Waals surface area (Å²) in [6, 6.07) is 20.5. The molecule has 4 heteroatoms. The molecule has 1 aromatic heterocycles. The summed E-state index contributed by atoms with van der Waals surface area (Å²) in [6.45, 7) is 0. The first-order valence-corrected chi connectivity index (χ1v) is 6.60. The van der Waals surface area contributed by atoms with E-state index >= 15 is 0 Å². The van der Waals surface area contributed by atoms with Crippen molar-refractivity contribution in [3.63, 3.8) is 0 Å². The van der Waals surface area contributed by atoms with Crippen molar-refractivity contribution in [2.75, 3.05) is 0 Å². The van der Waals surface area contributed by atoms with E-state index in [-0.39, 0.29) is 5.56 Å². The Morgan fingerprint density at radius 2 is 1.52 bits per heavy atom. The van der Waals surface area contributed by atoms with E-state index in [0.717, 1.165) is 22.8 Å². The van der Waals surface area contributed by atoms with Gasteiger partial charge >= 0.3 is 0 Å². The molecule has 21 heavy (non-hydrogen) atoms. The summed E-state index contributed by atoms with van der Waals surface area (Å²) in [5.41, 5.74) is 1.57. The molecular formula is C17H14N2O2. The van der Waals surface area contributed by atoms with Crippen molar-refractivity contribution < 1.29 is 4.74 Å². The van der Waals surface area contributed by atoms with Crippen LogP contribution in [0.5, 0.6) is 11.5 Å². The van der Waals surface area contributed by atoms with Crippen LogP contribution in [0, 0.1) is 0 Å². The van der Waals surface area contributed by atoms with Crippen molar-refractivity contribution in [3.05, 3.63) is 77.1 Å². The van der Waals surface area contributed by atoms with Gasteiger partial charge in [-0.15, -0.1) is 0 Å². The number of aryl methyl sites for hydroxylation is 1. The van der Waals surface area contributed by atoms with Crippen LogP contribution in [0.2, 0.25) is 0 Å². The van der Waals surface area contributed by atoms with Crippen LogP contribution in [0.15, 0.2) is 71.5 Å². The van der Waals surface area contributed by atoms with Gasteiger partial charge < -0.3 is 4.74 Å². The predicted molar refractivity (Wildman–Crippen MR) is 81.4 cm³/mol. The maximum absolute atomic E-state index is 11.3. The fourth-order valence-corrected chi connectivity index (χ4v) is 1.97. The zero-order chi connectivity index (χ0) is 14.7. The van der Waals surface area contributed by atoms with E-state index in [1.165, 1.54) is 10.7 Å². The summed E-state index contributed by atoms with van der Waals surface area (Å²) in [5, 5.41) is 4.22. The van der Waals surface area contributed by atoms with Crippen molar-refractivity contribution in [1.29, 1.82) is 0 Å². The molecule has 3 rings (SSSR count). The molecule has 0 aliphatic heterocycles. The molecule has 0 aliphatic rings. The minimum absolute atomic E-state index is 0.122. The molecule has 0 bridgehead atoms. The lowest BCUT2D eigenvalue weighted by Gasteiger charge is -2.07. The van der Waals surface area contributed by atoms with Gasteiger partial charge in [0, 0.05) is 18.7 Å². The van der Waals surface area contributed by atoms with Crippen LogP contribution in [0.25, 0.3) is 11.3 Å². The van der Waals surface area contributed by atoms with Gasteiger partial charge in [-0.1, -0.05) is 18.2 Å². The molecule has 0 saturated heterocycles. The van der Waals surface area contributed by atoms with Crippen LogP contribution >= 0.6 is 0 Å². The Kier molecular flexibility index (Phi) is 3.51. The number of ether oxygens (including phenoxy) is 1. The molecular weight excluding hydrogens is 264 g/mol. The molecule has 4 nitrogen and oxygen atoms in total. The highest BCUT2D eigenvalue weighted by atomic mass is 16.5. The van der Waals surface area contributed by atoms with E-state index in [1.54, 1.807) is 13.1 Å². The molecule has 0 fully saturated rings. The van der Waals surface area contributed by atoms with Crippen LogP contribution in [-0.2, 0) is 7.05 Å². The summed E-state index contributed by atoms with van der Waals surface area (Å²) < 4.78 is 7.06. The van der Waals surface area contributed by atoms with Crippen molar-refractivity contribution in [2.45, 2.75) is 0 Å². The molecule has 0 unspecified atom stereocenters. The highest BCUT2D eigenvalue weighted by Crippen LogP contribution is 2.24. The summed E-state index contributed by atoms with van der Waals surface area (Å²) >= 11 is 0. The standard InChI is InChI=1S/C17H14N2O2/c1-19-17(20)12-11-16(18-19)13-7-9-15(10-8-13)21-14-5-3-2-4-6-14/h2-12H,1H3. The first-order valence-electron chi connectivity index (χ1n) is 6.60. The molecule has 0 spiro atoms. The lowest BCUT2D eigenvalue weighted by atomic mass is 10.1. The highest BCUT2D eigenvalue weighted by Gasteiger charge is 2.02. The van der Waals surface area contributed by atoms with E-state index in [9.17, 15) is 4.79 Å². The molecule has 2 aromatic carbocycles. The normalized spacial score (nSPS) is 10.3. The summed E-state index contributed by atoms with van der Waals surface area (Å²) in [4.78, 5) is 11.3. The van der Waals surface area contributed by atoms with E-state index < -0.39 is 0 Å². The Morgan fingerprint density at radius 3 is 2.19 bits per heavy atom.